The van der Waals surface area contributed by atoms with Gasteiger partial charge in [-0.3, -0.25) is 4.79 Å². The number of piperidine rings is 1. The number of ether oxygens (including phenoxy) is 1. The SMILES string of the molecule is O=C(Nc1cc2cc(C3CCNCC3)c(Cl)cc2cn1)C1CC12CCOC2. The maximum absolute atomic E-state index is 12.6. The van der Waals surface area contributed by atoms with Gasteiger partial charge in [0.1, 0.15) is 5.82 Å². The molecule has 2 N–H and O–H groups in total. The number of nitrogens with zero attached hydrogens (tertiary/aromatic N) is 1. The number of nitrogens with one attached hydrogen (secondary N) is 2. The highest BCUT2D eigenvalue weighted by Crippen LogP contribution is 2.58. The molecule has 3 heterocycles. The van der Waals surface area contributed by atoms with Crippen LogP contribution in [0.5, 0.6) is 0 Å². The van der Waals surface area contributed by atoms with Crippen molar-refractivity contribution in [3.05, 3.63) is 35.0 Å². The molecule has 27 heavy (non-hydrogen) atoms. The van der Waals surface area contributed by atoms with Crippen LogP contribution in [-0.2, 0) is 9.53 Å². The van der Waals surface area contributed by atoms with Crippen LogP contribution < -0.4 is 10.6 Å². The summed E-state index contributed by atoms with van der Waals surface area (Å²) in [6, 6.07) is 6.14. The molecule has 142 valence electrons. The number of amides is 1. The Morgan fingerprint density at radius 1 is 1.26 bits per heavy atom. The van der Waals surface area contributed by atoms with E-state index in [1.807, 2.05) is 12.1 Å². The number of aromatic nitrogens is 1. The van der Waals surface area contributed by atoms with Gasteiger partial charge in [-0.05, 0) is 73.8 Å². The van der Waals surface area contributed by atoms with Gasteiger partial charge in [-0.2, -0.15) is 0 Å². The largest absolute Gasteiger partial charge is 0.381 e. The fourth-order valence-electron chi connectivity index (χ4n) is 4.69. The molecule has 5 nitrogen and oxygen atoms in total. The lowest BCUT2D eigenvalue weighted by Gasteiger charge is -2.24. The average molecular weight is 386 g/mol. The van der Waals surface area contributed by atoms with Crippen molar-refractivity contribution in [3.8, 4) is 0 Å². The van der Waals surface area contributed by atoms with Crippen molar-refractivity contribution in [2.75, 3.05) is 31.6 Å². The summed E-state index contributed by atoms with van der Waals surface area (Å²) in [5.74, 6) is 1.24. The fraction of sp³-hybridized carbons (Fsp3) is 0.524. The van der Waals surface area contributed by atoms with Gasteiger partial charge in [-0.25, -0.2) is 4.98 Å². The molecule has 5 rings (SSSR count). The first kappa shape index (κ1) is 17.4. The molecule has 0 radical (unpaired) electrons. The second-order valence-electron chi connectivity index (χ2n) is 8.23. The standard InChI is InChI=1S/C21H24ClN3O2/c22-18-8-15-11-24-19(25-20(26)17-10-21(17)3-6-27-12-21)9-14(15)7-16(18)13-1-4-23-5-2-13/h7-9,11,13,17,23H,1-6,10,12H2,(H,24,25,26). The molecule has 1 aliphatic carbocycles. The first-order valence-corrected chi connectivity index (χ1v) is 10.2. The number of rotatable bonds is 3. The fourth-order valence-corrected chi connectivity index (χ4v) is 5.01. The van der Waals surface area contributed by atoms with E-state index in [-0.39, 0.29) is 17.2 Å². The summed E-state index contributed by atoms with van der Waals surface area (Å²) in [6.07, 6.45) is 5.93. The summed E-state index contributed by atoms with van der Waals surface area (Å²) < 4.78 is 5.48. The highest BCUT2D eigenvalue weighted by atomic mass is 35.5. The van der Waals surface area contributed by atoms with Gasteiger partial charge in [0.2, 0.25) is 5.91 Å². The van der Waals surface area contributed by atoms with E-state index in [9.17, 15) is 4.79 Å². The number of benzene rings is 1. The van der Waals surface area contributed by atoms with Gasteiger partial charge in [0.25, 0.3) is 0 Å². The van der Waals surface area contributed by atoms with Crippen LogP contribution in [0.3, 0.4) is 0 Å². The minimum absolute atomic E-state index is 0.0630. The second-order valence-corrected chi connectivity index (χ2v) is 8.63. The van der Waals surface area contributed by atoms with Gasteiger partial charge in [0.15, 0.2) is 0 Å². The van der Waals surface area contributed by atoms with Crippen molar-refractivity contribution in [2.24, 2.45) is 11.3 Å². The van der Waals surface area contributed by atoms with Gasteiger partial charge < -0.3 is 15.4 Å². The molecule has 2 atom stereocenters. The van der Waals surface area contributed by atoms with E-state index < -0.39 is 0 Å². The molecule has 2 saturated heterocycles. The Morgan fingerprint density at radius 3 is 2.89 bits per heavy atom. The minimum Gasteiger partial charge on any atom is -0.381 e. The van der Waals surface area contributed by atoms with Gasteiger partial charge in [-0.1, -0.05) is 11.6 Å². The number of hydrogen-bond acceptors (Lipinski definition) is 4. The molecule has 2 unspecified atom stereocenters. The lowest BCUT2D eigenvalue weighted by molar-refractivity contribution is -0.118. The van der Waals surface area contributed by atoms with E-state index >= 15 is 0 Å². The van der Waals surface area contributed by atoms with E-state index in [0.29, 0.717) is 18.3 Å². The Kier molecular flexibility index (Phi) is 4.34. The molecular weight excluding hydrogens is 362 g/mol. The molecule has 1 amide bonds. The van der Waals surface area contributed by atoms with Crippen LogP contribution in [0.2, 0.25) is 5.02 Å². The molecule has 3 fully saturated rings. The highest BCUT2D eigenvalue weighted by Gasteiger charge is 2.59. The third kappa shape index (κ3) is 3.22. The number of anilines is 1. The molecular formula is C21H24ClN3O2. The molecule has 1 aromatic heterocycles. The Hall–Kier alpha value is -1.69. The number of halogens is 1. The molecule has 1 spiro atoms. The Morgan fingerprint density at radius 2 is 2.11 bits per heavy atom. The molecule has 1 aromatic carbocycles. The van der Waals surface area contributed by atoms with Crippen molar-refractivity contribution in [1.82, 2.24) is 10.3 Å². The number of fused-ring (bicyclic) bond motifs is 1. The third-order valence-electron chi connectivity index (χ3n) is 6.51. The molecule has 2 aromatic rings. The summed E-state index contributed by atoms with van der Waals surface area (Å²) in [5, 5.41) is 9.30. The predicted octanol–water partition coefficient (Wildman–Crippen LogP) is 3.72. The summed E-state index contributed by atoms with van der Waals surface area (Å²) in [5.41, 5.74) is 1.30. The van der Waals surface area contributed by atoms with Crippen molar-refractivity contribution in [2.45, 2.75) is 31.6 Å². The maximum Gasteiger partial charge on any atom is 0.229 e. The van der Waals surface area contributed by atoms with Gasteiger partial charge in [-0.15, -0.1) is 0 Å². The van der Waals surface area contributed by atoms with Gasteiger partial charge >= 0.3 is 0 Å². The van der Waals surface area contributed by atoms with Crippen LogP contribution in [0.4, 0.5) is 5.82 Å². The first-order valence-electron chi connectivity index (χ1n) is 9.83. The molecule has 2 aliphatic heterocycles. The quantitative estimate of drug-likeness (QED) is 0.845. The van der Waals surface area contributed by atoms with E-state index in [1.54, 1.807) is 6.20 Å². The van der Waals surface area contributed by atoms with E-state index in [4.69, 9.17) is 16.3 Å². The second kappa shape index (κ2) is 6.73. The Bertz CT molecular complexity index is 888. The highest BCUT2D eigenvalue weighted by molar-refractivity contribution is 6.32. The zero-order valence-corrected chi connectivity index (χ0v) is 16.0. The van der Waals surface area contributed by atoms with E-state index in [2.05, 4.69) is 21.7 Å². The summed E-state index contributed by atoms with van der Waals surface area (Å²) in [6.45, 7) is 3.56. The van der Waals surface area contributed by atoms with Crippen LogP contribution in [0.25, 0.3) is 10.8 Å². The zero-order valence-electron chi connectivity index (χ0n) is 15.3. The molecule has 0 bridgehead atoms. The average Bonchev–Trinajstić information content (AvgIpc) is 3.19. The van der Waals surface area contributed by atoms with Crippen LogP contribution in [-0.4, -0.2) is 37.2 Å². The number of pyridine rings is 1. The van der Waals surface area contributed by atoms with Crippen molar-refractivity contribution in [1.29, 1.82) is 0 Å². The zero-order chi connectivity index (χ0) is 18.4. The molecule has 1 saturated carbocycles. The monoisotopic (exact) mass is 385 g/mol. The normalized spacial score (nSPS) is 28.0. The predicted molar refractivity (Wildman–Crippen MR) is 106 cm³/mol. The summed E-state index contributed by atoms with van der Waals surface area (Å²) in [7, 11) is 0. The topological polar surface area (TPSA) is 63.2 Å². The maximum atomic E-state index is 12.6. The van der Waals surface area contributed by atoms with Crippen molar-refractivity contribution < 1.29 is 9.53 Å². The van der Waals surface area contributed by atoms with Crippen molar-refractivity contribution in [3.63, 3.8) is 0 Å². The lowest BCUT2D eigenvalue weighted by Crippen LogP contribution is -2.26. The van der Waals surface area contributed by atoms with E-state index in [0.717, 1.165) is 61.2 Å². The number of hydrogen-bond donors (Lipinski definition) is 2. The van der Waals surface area contributed by atoms with Crippen LogP contribution in [0.1, 0.15) is 37.2 Å². The third-order valence-corrected chi connectivity index (χ3v) is 6.83. The first-order chi connectivity index (χ1) is 13.1. The van der Waals surface area contributed by atoms with Gasteiger partial charge in [0.05, 0.1) is 6.61 Å². The number of carbonyl (C=O) groups is 1. The van der Waals surface area contributed by atoms with E-state index in [1.165, 1.54) is 5.56 Å². The van der Waals surface area contributed by atoms with Crippen molar-refractivity contribution >= 4 is 34.1 Å². The Labute approximate surface area is 163 Å². The van der Waals surface area contributed by atoms with Gasteiger partial charge in [0, 0.05) is 34.5 Å². The minimum atomic E-state index is 0.0630. The summed E-state index contributed by atoms with van der Waals surface area (Å²) in [4.78, 5) is 17.0. The Balaban J connectivity index is 1.37. The molecule has 6 heteroatoms. The smallest absolute Gasteiger partial charge is 0.229 e. The van der Waals surface area contributed by atoms with Crippen LogP contribution >= 0.6 is 11.6 Å². The lowest BCUT2D eigenvalue weighted by atomic mass is 9.89. The number of carbonyl (C=O) groups excluding carboxylic acids is 1. The summed E-state index contributed by atoms with van der Waals surface area (Å²) >= 11 is 6.55. The van der Waals surface area contributed by atoms with Crippen LogP contribution in [0.15, 0.2) is 24.4 Å². The molecule has 3 aliphatic rings. The van der Waals surface area contributed by atoms with Crippen LogP contribution in [0, 0.1) is 11.3 Å².